The first-order valence-corrected chi connectivity index (χ1v) is 8.45. The third-order valence-electron chi connectivity index (χ3n) is 4.20. The average molecular weight is 318 g/mol. The van der Waals surface area contributed by atoms with Crippen molar-refractivity contribution in [2.45, 2.75) is 26.1 Å². The Kier molecular flexibility index (Phi) is 5.65. The van der Waals surface area contributed by atoms with Crippen molar-refractivity contribution in [1.29, 1.82) is 0 Å². The average Bonchev–Trinajstić information content (AvgIpc) is 2.67. The van der Waals surface area contributed by atoms with Crippen LogP contribution in [0.25, 0.3) is 0 Å². The van der Waals surface area contributed by atoms with Crippen LogP contribution in [-0.2, 0) is 13.2 Å². The Morgan fingerprint density at radius 3 is 2.04 bits per heavy atom. The van der Waals surface area contributed by atoms with Gasteiger partial charge >= 0.3 is 0 Å². The molecule has 24 heavy (non-hydrogen) atoms. The summed E-state index contributed by atoms with van der Waals surface area (Å²) in [4.78, 5) is 0. The quantitative estimate of drug-likeness (QED) is 0.697. The van der Waals surface area contributed by atoms with Gasteiger partial charge in [-0.3, -0.25) is 0 Å². The van der Waals surface area contributed by atoms with E-state index in [4.69, 9.17) is 4.74 Å². The predicted octanol–water partition coefficient (Wildman–Crippen LogP) is 4.09. The number of rotatable bonds is 7. The highest BCUT2D eigenvalue weighted by Crippen LogP contribution is 2.14. The lowest BCUT2D eigenvalue weighted by Gasteiger charge is -2.11. The van der Waals surface area contributed by atoms with Crippen molar-refractivity contribution in [3.8, 4) is 5.75 Å². The normalized spacial score (nSPS) is 11.9. The van der Waals surface area contributed by atoms with Crippen molar-refractivity contribution in [2.24, 2.45) is 0 Å². The fourth-order valence-corrected chi connectivity index (χ4v) is 2.67. The van der Waals surface area contributed by atoms with Gasteiger partial charge in [0.2, 0.25) is 0 Å². The Morgan fingerprint density at radius 2 is 1.38 bits per heavy atom. The molecule has 122 valence electrons. The van der Waals surface area contributed by atoms with E-state index in [1.54, 1.807) is 0 Å². The fraction of sp³-hybridized carbons (Fsp3) is 0.182. The zero-order chi connectivity index (χ0) is 16.6. The smallest absolute Gasteiger partial charge is 0.119 e. The maximum atomic E-state index is 5.83. The van der Waals surface area contributed by atoms with Gasteiger partial charge in [0, 0.05) is 11.1 Å². The van der Waals surface area contributed by atoms with Gasteiger partial charge in [-0.2, -0.15) is 0 Å². The van der Waals surface area contributed by atoms with Gasteiger partial charge in [0.1, 0.15) is 24.9 Å². The maximum Gasteiger partial charge on any atom is 0.119 e. The Bertz CT molecular complexity index is 723. The van der Waals surface area contributed by atoms with E-state index >= 15 is 0 Å². The van der Waals surface area contributed by atoms with Crippen molar-refractivity contribution in [1.82, 2.24) is 0 Å². The lowest BCUT2D eigenvalue weighted by Crippen LogP contribution is -2.83. The van der Waals surface area contributed by atoms with E-state index in [0.29, 0.717) is 12.6 Å². The Morgan fingerprint density at radius 1 is 0.750 bits per heavy atom. The summed E-state index contributed by atoms with van der Waals surface area (Å²) in [6.45, 7) is 3.82. The molecule has 0 heterocycles. The van der Waals surface area contributed by atoms with Gasteiger partial charge in [0.25, 0.3) is 0 Å². The van der Waals surface area contributed by atoms with Gasteiger partial charge in [-0.05, 0) is 36.8 Å². The highest BCUT2D eigenvalue weighted by molar-refractivity contribution is 5.27. The van der Waals surface area contributed by atoms with Crippen LogP contribution in [0.15, 0.2) is 84.9 Å². The summed E-state index contributed by atoms with van der Waals surface area (Å²) in [5, 5.41) is 2.36. The first kappa shape index (κ1) is 16.3. The molecule has 0 aliphatic carbocycles. The zero-order valence-electron chi connectivity index (χ0n) is 14.1. The summed E-state index contributed by atoms with van der Waals surface area (Å²) in [6.07, 6.45) is 0. The van der Waals surface area contributed by atoms with Crippen LogP contribution in [0.5, 0.6) is 5.75 Å². The summed E-state index contributed by atoms with van der Waals surface area (Å²) >= 11 is 0. The topological polar surface area (TPSA) is 25.8 Å². The van der Waals surface area contributed by atoms with Crippen LogP contribution < -0.4 is 10.1 Å². The standard InChI is InChI=1S/C22H23NO/c1-18(21-10-6-3-7-11-21)23-16-19-12-14-22(15-13-19)24-17-20-8-4-2-5-9-20/h2-15,18,23H,16-17H2,1H3/p+1/t18-/m1/s1. The van der Waals surface area contributed by atoms with Gasteiger partial charge in [0.05, 0.1) is 0 Å². The predicted molar refractivity (Wildman–Crippen MR) is 97.7 cm³/mol. The molecule has 0 saturated heterocycles. The van der Waals surface area contributed by atoms with Crippen LogP contribution in [0.3, 0.4) is 0 Å². The molecular weight excluding hydrogens is 294 g/mol. The van der Waals surface area contributed by atoms with Crippen LogP contribution in [0.1, 0.15) is 29.7 Å². The molecule has 3 aromatic carbocycles. The van der Waals surface area contributed by atoms with E-state index in [2.05, 4.69) is 79.0 Å². The van der Waals surface area contributed by atoms with Crippen LogP contribution in [-0.4, -0.2) is 0 Å². The van der Waals surface area contributed by atoms with E-state index in [1.807, 2.05) is 18.2 Å². The molecule has 0 spiro atoms. The number of nitrogens with two attached hydrogens (primary N) is 1. The van der Waals surface area contributed by atoms with E-state index in [1.165, 1.54) is 16.7 Å². The lowest BCUT2D eigenvalue weighted by atomic mass is 10.1. The van der Waals surface area contributed by atoms with E-state index in [-0.39, 0.29) is 0 Å². The largest absolute Gasteiger partial charge is 0.489 e. The van der Waals surface area contributed by atoms with Gasteiger partial charge in [-0.15, -0.1) is 0 Å². The van der Waals surface area contributed by atoms with Crippen LogP contribution >= 0.6 is 0 Å². The molecule has 2 heteroatoms. The van der Waals surface area contributed by atoms with Crippen molar-refractivity contribution in [3.63, 3.8) is 0 Å². The molecule has 3 rings (SSSR count). The van der Waals surface area contributed by atoms with Gasteiger partial charge in [-0.1, -0.05) is 60.7 Å². The molecule has 0 aromatic heterocycles. The van der Waals surface area contributed by atoms with Gasteiger partial charge < -0.3 is 10.1 Å². The molecule has 0 unspecified atom stereocenters. The van der Waals surface area contributed by atoms with Crippen molar-refractivity contribution in [2.75, 3.05) is 0 Å². The highest BCUT2D eigenvalue weighted by atomic mass is 16.5. The summed E-state index contributed by atoms with van der Waals surface area (Å²) in [7, 11) is 0. The first-order chi connectivity index (χ1) is 11.8. The minimum Gasteiger partial charge on any atom is -0.489 e. The lowest BCUT2D eigenvalue weighted by molar-refractivity contribution is -0.707. The van der Waals surface area contributed by atoms with E-state index < -0.39 is 0 Å². The van der Waals surface area contributed by atoms with Crippen LogP contribution in [0, 0.1) is 0 Å². The third kappa shape index (κ3) is 4.71. The second-order valence-electron chi connectivity index (χ2n) is 6.06. The molecule has 0 fully saturated rings. The zero-order valence-corrected chi connectivity index (χ0v) is 14.1. The molecule has 2 N–H and O–H groups in total. The highest BCUT2D eigenvalue weighted by Gasteiger charge is 2.07. The molecule has 1 atom stereocenters. The second kappa shape index (κ2) is 8.32. The van der Waals surface area contributed by atoms with Gasteiger partial charge in [-0.25, -0.2) is 0 Å². The Hall–Kier alpha value is -2.58. The molecule has 0 aliphatic rings. The summed E-state index contributed by atoms with van der Waals surface area (Å²) in [6, 6.07) is 29.7. The number of hydrogen-bond acceptors (Lipinski definition) is 1. The molecule has 2 nitrogen and oxygen atoms in total. The summed E-state index contributed by atoms with van der Waals surface area (Å²) in [5.74, 6) is 0.915. The van der Waals surface area contributed by atoms with E-state index in [9.17, 15) is 0 Å². The number of hydrogen-bond donors (Lipinski definition) is 1. The number of quaternary nitrogens is 1. The molecule has 0 aliphatic heterocycles. The molecule has 0 amide bonds. The fourth-order valence-electron chi connectivity index (χ4n) is 2.67. The van der Waals surface area contributed by atoms with Crippen molar-refractivity contribution in [3.05, 3.63) is 102 Å². The monoisotopic (exact) mass is 318 g/mol. The first-order valence-electron chi connectivity index (χ1n) is 8.45. The van der Waals surface area contributed by atoms with Crippen LogP contribution in [0.4, 0.5) is 0 Å². The molecule has 0 saturated carbocycles. The van der Waals surface area contributed by atoms with Crippen molar-refractivity contribution >= 4 is 0 Å². The van der Waals surface area contributed by atoms with Gasteiger partial charge in [0.15, 0.2) is 0 Å². The summed E-state index contributed by atoms with van der Waals surface area (Å²) < 4.78 is 5.83. The maximum absolute atomic E-state index is 5.83. The van der Waals surface area contributed by atoms with Crippen LogP contribution in [0.2, 0.25) is 0 Å². The molecule has 0 radical (unpaired) electrons. The SMILES string of the molecule is C[C@@H]([NH2+]Cc1ccc(OCc2ccccc2)cc1)c1ccccc1. The number of benzene rings is 3. The third-order valence-corrected chi connectivity index (χ3v) is 4.20. The molecular formula is C22H24NO+. The minimum atomic E-state index is 0.459. The summed E-state index contributed by atoms with van der Waals surface area (Å²) in [5.41, 5.74) is 3.86. The second-order valence-corrected chi connectivity index (χ2v) is 6.06. The Balaban J connectivity index is 1.49. The molecule has 3 aromatic rings. The minimum absolute atomic E-state index is 0.459. The Labute approximate surface area is 144 Å². The molecule has 0 bridgehead atoms. The number of ether oxygens (including phenoxy) is 1. The van der Waals surface area contributed by atoms with E-state index in [0.717, 1.165) is 12.3 Å². The van der Waals surface area contributed by atoms with Crippen molar-refractivity contribution < 1.29 is 10.1 Å².